The number of amides is 1. The van der Waals surface area contributed by atoms with E-state index >= 15 is 0 Å². The Morgan fingerprint density at radius 2 is 1.68 bits per heavy atom. The smallest absolute Gasteiger partial charge is 0.284 e. The summed E-state index contributed by atoms with van der Waals surface area (Å²) in [6, 6.07) is 21.7. The number of hydrogen-bond donors (Lipinski definition) is 1. The van der Waals surface area contributed by atoms with E-state index in [0.29, 0.717) is 5.01 Å². The molecule has 1 heterocycles. The van der Waals surface area contributed by atoms with Crippen LogP contribution in [0.25, 0.3) is 21.0 Å². The van der Waals surface area contributed by atoms with Crippen molar-refractivity contribution in [1.82, 2.24) is 4.98 Å². The van der Waals surface area contributed by atoms with Gasteiger partial charge in [-0.15, -0.1) is 11.3 Å². The van der Waals surface area contributed by atoms with Crippen LogP contribution in [0.4, 0.5) is 5.69 Å². The molecule has 0 bridgehead atoms. The number of nitrogens with zero attached hydrogens (tertiary/aromatic N) is 1. The molecule has 106 valence electrons. The summed E-state index contributed by atoms with van der Waals surface area (Å²) in [5, 5.41) is 5.66. The fraction of sp³-hybridized carbons (Fsp3) is 0. The molecule has 0 atom stereocenters. The van der Waals surface area contributed by atoms with E-state index in [2.05, 4.69) is 16.4 Å². The van der Waals surface area contributed by atoms with Gasteiger partial charge in [-0.3, -0.25) is 4.79 Å². The van der Waals surface area contributed by atoms with E-state index in [1.165, 1.54) is 11.3 Å². The van der Waals surface area contributed by atoms with Crippen LogP contribution in [0.2, 0.25) is 0 Å². The zero-order chi connectivity index (χ0) is 14.9. The van der Waals surface area contributed by atoms with Gasteiger partial charge in [0, 0.05) is 5.69 Å². The standard InChI is InChI=1S/C18H12N2OS/c21-17(18-20-15-7-3-4-8-16(15)22-18)19-14-10-9-12-5-1-2-6-13(12)11-14/h1-11H,(H,19,21). The van der Waals surface area contributed by atoms with Crippen molar-refractivity contribution in [2.45, 2.75) is 0 Å². The number of aromatic nitrogens is 1. The normalized spacial score (nSPS) is 10.9. The summed E-state index contributed by atoms with van der Waals surface area (Å²) in [4.78, 5) is 16.7. The minimum atomic E-state index is -0.170. The molecular formula is C18H12N2OS. The van der Waals surface area contributed by atoms with Crippen molar-refractivity contribution in [2.75, 3.05) is 5.32 Å². The molecule has 1 aromatic heterocycles. The Bertz CT molecular complexity index is 957. The molecule has 0 aliphatic heterocycles. The summed E-state index contributed by atoms with van der Waals surface area (Å²) < 4.78 is 1.02. The third-order valence-electron chi connectivity index (χ3n) is 3.50. The van der Waals surface area contributed by atoms with Gasteiger partial charge in [-0.05, 0) is 35.0 Å². The summed E-state index contributed by atoms with van der Waals surface area (Å²) in [7, 11) is 0. The molecule has 0 unspecified atom stereocenters. The highest BCUT2D eigenvalue weighted by Gasteiger charge is 2.12. The quantitative estimate of drug-likeness (QED) is 0.583. The highest BCUT2D eigenvalue weighted by molar-refractivity contribution is 7.20. The van der Waals surface area contributed by atoms with Crippen LogP contribution in [0.5, 0.6) is 0 Å². The van der Waals surface area contributed by atoms with Gasteiger partial charge in [0.15, 0.2) is 5.01 Å². The Kier molecular flexibility index (Phi) is 3.09. The van der Waals surface area contributed by atoms with Crippen LogP contribution in [0.15, 0.2) is 66.7 Å². The second-order valence-electron chi connectivity index (χ2n) is 5.00. The fourth-order valence-corrected chi connectivity index (χ4v) is 3.28. The number of carbonyl (C=O) groups is 1. The van der Waals surface area contributed by atoms with Crippen molar-refractivity contribution in [3.05, 3.63) is 71.7 Å². The molecule has 0 saturated carbocycles. The Morgan fingerprint density at radius 3 is 2.55 bits per heavy atom. The molecule has 0 aliphatic rings. The van der Waals surface area contributed by atoms with Crippen LogP contribution < -0.4 is 5.32 Å². The predicted octanol–water partition coefficient (Wildman–Crippen LogP) is 4.70. The van der Waals surface area contributed by atoms with Gasteiger partial charge in [0.1, 0.15) is 0 Å². The maximum atomic E-state index is 12.4. The van der Waals surface area contributed by atoms with Gasteiger partial charge in [-0.1, -0.05) is 42.5 Å². The van der Waals surface area contributed by atoms with Gasteiger partial charge in [0.2, 0.25) is 0 Å². The first-order chi connectivity index (χ1) is 10.8. The lowest BCUT2D eigenvalue weighted by Gasteiger charge is -2.04. The fourth-order valence-electron chi connectivity index (χ4n) is 2.42. The Hall–Kier alpha value is -2.72. The van der Waals surface area contributed by atoms with E-state index in [9.17, 15) is 4.79 Å². The number of fused-ring (bicyclic) bond motifs is 2. The number of para-hydroxylation sites is 1. The third kappa shape index (κ3) is 2.34. The SMILES string of the molecule is O=C(Nc1ccc2ccccc2c1)c1nc2ccccc2s1. The van der Waals surface area contributed by atoms with E-state index in [-0.39, 0.29) is 5.91 Å². The van der Waals surface area contributed by atoms with Crippen LogP contribution in [0, 0.1) is 0 Å². The van der Waals surface area contributed by atoms with Gasteiger partial charge in [-0.25, -0.2) is 4.98 Å². The molecule has 3 nitrogen and oxygen atoms in total. The monoisotopic (exact) mass is 304 g/mol. The molecule has 22 heavy (non-hydrogen) atoms. The van der Waals surface area contributed by atoms with E-state index in [1.54, 1.807) is 0 Å². The minimum absolute atomic E-state index is 0.170. The third-order valence-corrected chi connectivity index (χ3v) is 4.53. The average Bonchev–Trinajstić information content (AvgIpc) is 2.99. The number of hydrogen-bond acceptors (Lipinski definition) is 3. The van der Waals surface area contributed by atoms with Gasteiger partial charge in [0.05, 0.1) is 10.2 Å². The number of rotatable bonds is 2. The highest BCUT2D eigenvalue weighted by Crippen LogP contribution is 2.23. The number of anilines is 1. The first kappa shape index (κ1) is 13.0. The van der Waals surface area contributed by atoms with Crippen LogP contribution in [0.1, 0.15) is 9.80 Å². The molecule has 0 aliphatic carbocycles. The zero-order valence-corrected chi connectivity index (χ0v) is 12.4. The lowest BCUT2D eigenvalue weighted by Crippen LogP contribution is -2.11. The molecule has 0 spiro atoms. The maximum absolute atomic E-state index is 12.4. The Balaban J connectivity index is 1.64. The summed E-state index contributed by atoms with van der Waals surface area (Å²) in [5.41, 5.74) is 1.64. The maximum Gasteiger partial charge on any atom is 0.284 e. The summed E-state index contributed by atoms with van der Waals surface area (Å²) in [5.74, 6) is -0.170. The number of nitrogens with one attached hydrogen (secondary N) is 1. The lowest BCUT2D eigenvalue weighted by molar-refractivity contribution is 0.102. The summed E-state index contributed by atoms with van der Waals surface area (Å²) >= 11 is 1.41. The Labute approximate surface area is 131 Å². The van der Waals surface area contributed by atoms with E-state index in [4.69, 9.17) is 0 Å². The number of carbonyl (C=O) groups excluding carboxylic acids is 1. The molecular weight excluding hydrogens is 292 g/mol. The summed E-state index contributed by atoms with van der Waals surface area (Å²) in [6.07, 6.45) is 0. The van der Waals surface area contributed by atoms with E-state index in [1.807, 2.05) is 60.7 Å². The van der Waals surface area contributed by atoms with Crippen molar-refractivity contribution in [1.29, 1.82) is 0 Å². The van der Waals surface area contributed by atoms with Gasteiger partial charge in [0.25, 0.3) is 5.91 Å². The van der Waals surface area contributed by atoms with E-state index in [0.717, 1.165) is 26.7 Å². The average molecular weight is 304 g/mol. The van der Waals surface area contributed by atoms with Crippen LogP contribution in [-0.4, -0.2) is 10.9 Å². The number of thiazole rings is 1. The first-order valence-corrected chi connectivity index (χ1v) is 7.77. The van der Waals surface area contributed by atoms with Gasteiger partial charge >= 0.3 is 0 Å². The van der Waals surface area contributed by atoms with Crippen molar-refractivity contribution in [3.63, 3.8) is 0 Å². The molecule has 4 heteroatoms. The second-order valence-corrected chi connectivity index (χ2v) is 6.03. The van der Waals surface area contributed by atoms with E-state index < -0.39 is 0 Å². The molecule has 0 radical (unpaired) electrons. The predicted molar refractivity (Wildman–Crippen MR) is 91.5 cm³/mol. The second kappa shape index (κ2) is 5.24. The Morgan fingerprint density at radius 1 is 0.909 bits per heavy atom. The molecule has 1 N–H and O–H groups in total. The molecule has 3 aromatic carbocycles. The van der Waals surface area contributed by atoms with Crippen molar-refractivity contribution in [2.24, 2.45) is 0 Å². The van der Waals surface area contributed by atoms with Crippen LogP contribution in [0.3, 0.4) is 0 Å². The van der Waals surface area contributed by atoms with Crippen LogP contribution in [-0.2, 0) is 0 Å². The number of benzene rings is 3. The molecule has 4 aromatic rings. The van der Waals surface area contributed by atoms with Gasteiger partial charge in [-0.2, -0.15) is 0 Å². The van der Waals surface area contributed by atoms with Crippen molar-refractivity contribution >= 4 is 43.9 Å². The minimum Gasteiger partial charge on any atom is -0.320 e. The highest BCUT2D eigenvalue weighted by atomic mass is 32.1. The first-order valence-electron chi connectivity index (χ1n) is 6.95. The van der Waals surface area contributed by atoms with Crippen molar-refractivity contribution in [3.8, 4) is 0 Å². The summed E-state index contributed by atoms with van der Waals surface area (Å²) in [6.45, 7) is 0. The van der Waals surface area contributed by atoms with Crippen LogP contribution >= 0.6 is 11.3 Å². The van der Waals surface area contributed by atoms with Crippen molar-refractivity contribution < 1.29 is 4.79 Å². The molecule has 4 rings (SSSR count). The van der Waals surface area contributed by atoms with Gasteiger partial charge < -0.3 is 5.32 Å². The topological polar surface area (TPSA) is 42.0 Å². The molecule has 0 saturated heterocycles. The lowest BCUT2D eigenvalue weighted by atomic mass is 10.1. The molecule has 1 amide bonds. The zero-order valence-electron chi connectivity index (χ0n) is 11.6. The largest absolute Gasteiger partial charge is 0.320 e. The molecule has 0 fully saturated rings.